The number of benzene rings is 1. The first-order valence-electron chi connectivity index (χ1n) is 10.9. The van der Waals surface area contributed by atoms with Crippen LogP contribution < -0.4 is 10.2 Å². The van der Waals surface area contributed by atoms with Gasteiger partial charge in [0.05, 0.1) is 24.3 Å². The highest BCUT2D eigenvalue weighted by molar-refractivity contribution is 7.86. The molecule has 32 heavy (non-hydrogen) atoms. The maximum atomic E-state index is 14.3. The lowest BCUT2D eigenvalue weighted by atomic mass is 9.77. The summed E-state index contributed by atoms with van der Waals surface area (Å²) in [6.45, 7) is 1.25. The fraction of sp³-hybridized carbons (Fsp3) is 0.545. The second-order valence-corrected chi connectivity index (χ2v) is 10.9. The number of alkyl halides is 2. The average molecular weight is 483 g/mol. The van der Waals surface area contributed by atoms with Crippen LogP contribution in [0.25, 0.3) is 0 Å². The van der Waals surface area contributed by atoms with Crippen LogP contribution in [0.5, 0.6) is 0 Å². The Morgan fingerprint density at radius 3 is 2.47 bits per heavy atom. The number of halogens is 3. The molecule has 1 atom stereocenters. The van der Waals surface area contributed by atoms with Gasteiger partial charge in [-0.2, -0.15) is 13.8 Å². The Morgan fingerprint density at radius 2 is 1.88 bits per heavy atom. The number of fused-ring (bicyclic) bond motifs is 1. The number of hydrogen-bond donors (Lipinski definition) is 2. The SMILES string of the molecule is O=S1c2c(nc(N3CCC(c4ccc(Cl)cc4)CC3)nc2NC2(CO)CCC2)CC1(F)F. The Balaban J connectivity index is 1.41. The van der Waals surface area contributed by atoms with Gasteiger partial charge in [0, 0.05) is 18.1 Å². The molecule has 2 aromatic rings. The molecule has 3 aliphatic rings. The number of anilines is 2. The molecule has 0 bridgehead atoms. The molecule has 0 amide bonds. The van der Waals surface area contributed by atoms with E-state index in [2.05, 4.69) is 15.3 Å². The van der Waals surface area contributed by atoms with E-state index in [1.165, 1.54) is 5.56 Å². The first kappa shape index (κ1) is 22.0. The highest BCUT2D eigenvalue weighted by Gasteiger charge is 2.50. The van der Waals surface area contributed by atoms with Gasteiger partial charge in [-0.05, 0) is 55.7 Å². The molecule has 10 heteroatoms. The summed E-state index contributed by atoms with van der Waals surface area (Å²) in [4.78, 5) is 11.0. The highest BCUT2D eigenvalue weighted by atomic mass is 35.5. The minimum atomic E-state index is -3.36. The van der Waals surface area contributed by atoms with Crippen molar-refractivity contribution in [2.45, 2.75) is 60.1 Å². The molecule has 2 fully saturated rings. The predicted molar refractivity (Wildman–Crippen MR) is 120 cm³/mol. The van der Waals surface area contributed by atoms with Crippen molar-refractivity contribution in [3.63, 3.8) is 0 Å². The first-order valence-corrected chi connectivity index (χ1v) is 12.4. The zero-order chi connectivity index (χ0) is 22.5. The van der Waals surface area contributed by atoms with Gasteiger partial charge in [-0.15, -0.1) is 0 Å². The lowest BCUT2D eigenvalue weighted by molar-refractivity contribution is 0.104. The Bertz CT molecular complexity index is 1040. The molecule has 3 heterocycles. The summed E-state index contributed by atoms with van der Waals surface area (Å²) in [5, 5.41) is 10.3. The smallest absolute Gasteiger partial charge is 0.331 e. The molecule has 5 rings (SSSR count). The third-order valence-electron chi connectivity index (χ3n) is 6.87. The van der Waals surface area contributed by atoms with Crippen LogP contribution in [0.1, 0.15) is 49.3 Å². The van der Waals surface area contributed by atoms with Gasteiger partial charge < -0.3 is 15.3 Å². The molecule has 2 aliphatic heterocycles. The van der Waals surface area contributed by atoms with Crippen LogP contribution in [-0.4, -0.2) is 49.8 Å². The van der Waals surface area contributed by atoms with Crippen molar-refractivity contribution in [3.05, 3.63) is 40.5 Å². The standard InChI is InChI=1S/C22H25ClF2N4O2S/c23-16-4-2-14(3-5-16)15-6-10-29(11-7-15)20-26-17-12-22(24,25)32(31)18(17)19(27-20)28-21(13-30)8-1-9-21/h2-5,15,30H,1,6-13H2,(H,26,27,28). The zero-order valence-corrected chi connectivity index (χ0v) is 19.1. The maximum Gasteiger partial charge on any atom is 0.331 e. The zero-order valence-electron chi connectivity index (χ0n) is 17.5. The highest BCUT2D eigenvalue weighted by Crippen LogP contribution is 2.44. The number of nitrogens with zero attached hydrogens (tertiary/aromatic N) is 3. The molecule has 0 radical (unpaired) electrons. The summed E-state index contributed by atoms with van der Waals surface area (Å²) >= 11 is 5.99. The second-order valence-electron chi connectivity index (χ2n) is 8.96. The maximum absolute atomic E-state index is 14.3. The van der Waals surface area contributed by atoms with Crippen LogP contribution in [0.4, 0.5) is 20.5 Å². The summed E-state index contributed by atoms with van der Waals surface area (Å²) in [7, 11) is -2.51. The van der Waals surface area contributed by atoms with Gasteiger partial charge in [-0.3, -0.25) is 0 Å². The molecule has 172 valence electrons. The number of aromatic nitrogens is 2. The number of aliphatic hydroxyl groups excluding tert-OH is 1. The van der Waals surface area contributed by atoms with Crippen LogP contribution in [0, 0.1) is 0 Å². The molecule has 6 nitrogen and oxygen atoms in total. The number of rotatable bonds is 5. The van der Waals surface area contributed by atoms with Crippen molar-refractivity contribution >= 4 is 34.2 Å². The molecule has 2 N–H and O–H groups in total. The second kappa shape index (κ2) is 8.18. The van der Waals surface area contributed by atoms with Crippen molar-refractivity contribution in [2.75, 3.05) is 29.9 Å². The van der Waals surface area contributed by atoms with Gasteiger partial charge in [-0.1, -0.05) is 23.7 Å². The Kier molecular flexibility index (Phi) is 5.62. The van der Waals surface area contributed by atoms with Crippen molar-refractivity contribution in [1.82, 2.24) is 9.97 Å². The van der Waals surface area contributed by atoms with Gasteiger partial charge in [-0.25, -0.2) is 9.19 Å². The van der Waals surface area contributed by atoms with Crippen LogP contribution in [-0.2, 0) is 17.2 Å². The molecule has 0 spiro atoms. The molecule has 1 unspecified atom stereocenters. The van der Waals surface area contributed by atoms with Crippen LogP contribution in [0.2, 0.25) is 5.02 Å². The van der Waals surface area contributed by atoms with Gasteiger partial charge in [0.15, 0.2) is 0 Å². The van der Waals surface area contributed by atoms with Gasteiger partial charge in [0.2, 0.25) is 5.95 Å². The summed E-state index contributed by atoms with van der Waals surface area (Å²) < 4.78 is 41.1. The quantitative estimate of drug-likeness (QED) is 0.668. The number of nitrogens with one attached hydrogen (secondary N) is 1. The Morgan fingerprint density at radius 1 is 1.19 bits per heavy atom. The fourth-order valence-electron chi connectivity index (χ4n) is 4.76. The molecule has 1 aromatic carbocycles. The van der Waals surface area contributed by atoms with E-state index in [1.54, 1.807) is 0 Å². The minimum absolute atomic E-state index is 0.0190. The predicted octanol–water partition coefficient (Wildman–Crippen LogP) is 4.10. The summed E-state index contributed by atoms with van der Waals surface area (Å²) in [6.07, 6.45) is 3.47. The number of piperidine rings is 1. The summed E-state index contributed by atoms with van der Waals surface area (Å²) in [5.41, 5.74) is 0.771. The molecular weight excluding hydrogens is 458 g/mol. The topological polar surface area (TPSA) is 78.4 Å². The summed E-state index contributed by atoms with van der Waals surface area (Å²) in [5.74, 6) is 0.942. The van der Waals surface area contributed by atoms with Crippen molar-refractivity contribution in [1.29, 1.82) is 0 Å². The average Bonchev–Trinajstić information content (AvgIpc) is 2.99. The number of hydrogen-bond acceptors (Lipinski definition) is 6. The van der Waals surface area contributed by atoms with E-state index in [0.29, 0.717) is 42.8 Å². The van der Waals surface area contributed by atoms with Gasteiger partial charge in [0.25, 0.3) is 0 Å². The van der Waals surface area contributed by atoms with Crippen molar-refractivity contribution in [3.8, 4) is 0 Å². The van der Waals surface area contributed by atoms with E-state index in [0.717, 1.165) is 19.3 Å². The van der Waals surface area contributed by atoms with Crippen LogP contribution >= 0.6 is 11.6 Å². The fourth-order valence-corrected chi connectivity index (χ4v) is 6.06. The normalized spacial score (nSPS) is 24.1. The Labute approximate surface area is 192 Å². The summed E-state index contributed by atoms with van der Waals surface area (Å²) in [6, 6.07) is 7.87. The third-order valence-corrected chi connectivity index (χ3v) is 8.61. The molecule has 1 aliphatic carbocycles. The molecular formula is C22H25ClF2N4O2S. The van der Waals surface area contributed by atoms with Crippen molar-refractivity contribution < 1.29 is 18.1 Å². The van der Waals surface area contributed by atoms with Gasteiger partial charge in [0.1, 0.15) is 21.5 Å². The lowest BCUT2D eigenvalue weighted by Gasteiger charge is -2.42. The van der Waals surface area contributed by atoms with Crippen LogP contribution in [0.3, 0.4) is 0 Å². The van der Waals surface area contributed by atoms with E-state index in [4.69, 9.17) is 11.6 Å². The van der Waals surface area contributed by atoms with E-state index < -0.39 is 28.0 Å². The van der Waals surface area contributed by atoms with Crippen molar-refractivity contribution in [2.24, 2.45) is 0 Å². The first-order chi connectivity index (χ1) is 15.3. The Hall–Kier alpha value is -1.84. The van der Waals surface area contributed by atoms with E-state index in [-0.39, 0.29) is 23.0 Å². The number of aliphatic hydroxyl groups is 1. The van der Waals surface area contributed by atoms with E-state index in [1.807, 2.05) is 29.2 Å². The van der Waals surface area contributed by atoms with Gasteiger partial charge >= 0.3 is 5.25 Å². The van der Waals surface area contributed by atoms with E-state index >= 15 is 0 Å². The molecule has 1 saturated carbocycles. The minimum Gasteiger partial charge on any atom is -0.394 e. The molecule has 1 aromatic heterocycles. The third kappa shape index (κ3) is 3.88. The van der Waals surface area contributed by atoms with Crippen LogP contribution in [0.15, 0.2) is 29.2 Å². The van der Waals surface area contributed by atoms with E-state index in [9.17, 15) is 18.1 Å². The lowest BCUT2D eigenvalue weighted by Crippen LogP contribution is -2.49. The monoisotopic (exact) mass is 482 g/mol. The largest absolute Gasteiger partial charge is 0.394 e. The molecule has 1 saturated heterocycles.